The van der Waals surface area contributed by atoms with Gasteiger partial charge in [-0.1, -0.05) is 19.9 Å². The molecule has 1 rings (SSSR count). The predicted molar refractivity (Wildman–Crippen MR) is 82.6 cm³/mol. The molecule has 5 heteroatoms. The molecule has 0 atom stereocenters. The van der Waals surface area contributed by atoms with Crippen LogP contribution in [-0.4, -0.2) is 39.8 Å². The Balaban J connectivity index is 0.00000122. The largest absolute Gasteiger partial charge is 0.468 e. The number of aryl methyl sites for hydroxylation is 1. The third-order valence-electron chi connectivity index (χ3n) is 2.77. The van der Waals surface area contributed by atoms with Gasteiger partial charge in [-0.3, -0.25) is 9.59 Å². The number of carbonyl (C=O) groups excluding carboxylic acids is 2. The topological polar surface area (TPSA) is 64.6 Å². The first kappa shape index (κ1) is 19.1. The van der Waals surface area contributed by atoms with Crippen molar-refractivity contribution in [3.63, 3.8) is 0 Å². The second kappa shape index (κ2) is 9.94. The SMILES string of the molecule is COC.COC(=O)CNC(=O)c1ccc(C(C)C)c(C)c1. The van der Waals surface area contributed by atoms with Gasteiger partial charge >= 0.3 is 5.97 Å². The number of carbonyl (C=O) groups is 2. The minimum Gasteiger partial charge on any atom is -0.468 e. The van der Waals surface area contributed by atoms with Crippen molar-refractivity contribution in [1.82, 2.24) is 5.32 Å². The number of rotatable bonds is 4. The number of benzene rings is 1. The van der Waals surface area contributed by atoms with Crippen LogP contribution in [0.25, 0.3) is 0 Å². The zero-order valence-electron chi connectivity index (χ0n) is 13.6. The molecule has 0 bridgehead atoms. The molecule has 0 saturated carbocycles. The highest BCUT2D eigenvalue weighted by atomic mass is 16.5. The van der Waals surface area contributed by atoms with Gasteiger partial charge in [0, 0.05) is 19.8 Å². The zero-order valence-corrected chi connectivity index (χ0v) is 13.6. The number of amides is 1. The van der Waals surface area contributed by atoms with Gasteiger partial charge in [0.25, 0.3) is 5.91 Å². The molecule has 0 fully saturated rings. The van der Waals surface area contributed by atoms with Crippen molar-refractivity contribution in [3.05, 3.63) is 34.9 Å². The van der Waals surface area contributed by atoms with Crippen LogP contribution in [-0.2, 0) is 14.3 Å². The van der Waals surface area contributed by atoms with Crippen LogP contribution >= 0.6 is 0 Å². The third kappa shape index (κ3) is 6.90. The van der Waals surface area contributed by atoms with Crippen LogP contribution in [0.3, 0.4) is 0 Å². The first-order valence-electron chi connectivity index (χ1n) is 6.73. The highest BCUT2D eigenvalue weighted by Crippen LogP contribution is 2.19. The van der Waals surface area contributed by atoms with E-state index in [1.54, 1.807) is 20.3 Å². The number of hydrogen-bond acceptors (Lipinski definition) is 4. The molecular weight excluding hydrogens is 270 g/mol. The molecule has 0 aliphatic carbocycles. The van der Waals surface area contributed by atoms with Crippen molar-refractivity contribution in [2.45, 2.75) is 26.7 Å². The standard InChI is InChI=1S/C14H19NO3.C2H6O/c1-9(2)12-6-5-11(7-10(12)3)14(17)15-8-13(16)18-4;1-3-2/h5-7,9H,8H2,1-4H3,(H,15,17);1-2H3. The molecule has 118 valence electrons. The summed E-state index contributed by atoms with van der Waals surface area (Å²) in [6, 6.07) is 5.56. The van der Waals surface area contributed by atoms with Crippen molar-refractivity contribution in [2.75, 3.05) is 27.9 Å². The summed E-state index contributed by atoms with van der Waals surface area (Å²) >= 11 is 0. The van der Waals surface area contributed by atoms with Gasteiger partial charge in [-0.15, -0.1) is 0 Å². The molecular formula is C16H25NO4. The Bertz CT molecular complexity index is 469. The van der Waals surface area contributed by atoms with E-state index >= 15 is 0 Å². The van der Waals surface area contributed by atoms with Gasteiger partial charge in [0.05, 0.1) is 7.11 Å². The third-order valence-corrected chi connectivity index (χ3v) is 2.77. The fraction of sp³-hybridized carbons (Fsp3) is 0.500. The summed E-state index contributed by atoms with van der Waals surface area (Å²) in [5.41, 5.74) is 2.86. The van der Waals surface area contributed by atoms with Crippen LogP contribution in [0.4, 0.5) is 0 Å². The van der Waals surface area contributed by atoms with Crippen molar-refractivity contribution in [3.8, 4) is 0 Å². The van der Waals surface area contributed by atoms with E-state index in [9.17, 15) is 9.59 Å². The minimum atomic E-state index is -0.459. The number of hydrogen-bond donors (Lipinski definition) is 1. The highest BCUT2D eigenvalue weighted by molar-refractivity contribution is 5.96. The molecule has 0 heterocycles. The second-order valence-electron chi connectivity index (χ2n) is 4.89. The first-order valence-corrected chi connectivity index (χ1v) is 6.73. The van der Waals surface area contributed by atoms with Gasteiger partial charge in [-0.05, 0) is 36.1 Å². The first-order chi connectivity index (χ1) is 9.87. The lowest BCUT2D eigenvalue weighted by Gasteiger charge is -2.11. The highest BCUT2D eigenvalue weighted by Gasteiger charge is 2.10. The molecule has 0 saturated heterocycles. The zero-order chi connectivity index (χ0) is 16.4. The molecule has 1 N–H and O–H groups in total. The Kier molecular flexibility index (Phi) is 9.05. The van der Waals surface area contributed by atoms with Crippen molar-refractivity contribution in [2.24, 2.45) is 0 Å². The van der Waals surface area contributed by atoms with E-state index in [1.807, 2.05) is 19.1 Å². The van der Waals surface area contributed by atoms with E-state index < -0.39 is 5.97 Å². The van der Waals surface area contributed by atoms with Crippen LogP contribution < -0.4 is 5.32 Å². The maximum Gasteiger partial charge on any atom is 0.325 e. The van der Waals surface area contributed by atoms with Crippen LogP contribution in [0.5, 0.6) is 0 Å². The average Bonchev–Trinajstić information content (AvgIpc) is 2.44. The molecule has 0 spiro atoms. The number of nitrogens with one attached hydrogen (secondary N) is 1. The van der Waals surface area contributed by atoms with Gasteiger partial charge in [-0.25, -0.2) is 0 Å². The van der Waals surface area contributed by atoms with Crippen LogP contribution in [0.1, 0.15) is 41.3 Å². The fourth-order valence-corrected chi connectivity index (χ4v) is 1.79. The van der Waals surface area contributed by atoms with Crippen LogP contribution in [0.15, 0.2) is 18.2 Å². The Morgan fingerprint density at radius 1 is 1.19 bits per heavy atom. The van der Waals surface area contributed by atoms with Crippen molar-refractivity contribution >= 4 is 11.9 Å². The van der Waals surface area contributed by atoms with Crippen LogP contribution in [0, 0.1) is 6.92 Å². The smallest absolute Gasteiger partial charge is 0.325 e. The minimum absolute atomic E-state index is 0.111. The summed E-state index contributed by atoms with van der Waals surface area (Å²) in [4.78, 5) is 22.7. The van der Waals surface area contributed by atoms with Gasteiger partial charge in [0.15, 0.2) is 0 Å². The molecule has 0 aliphatic heterocycles. The monoisotopic (exact) mass is 295 g/mol. The Labute approximate surface area is 126 Å². The maximum atomic E-state index is 11.8. The van der Waals surface area contributed by atoms with Gasteiger partial charge in [0.1, 0.15) is 6.54 Å². The van der Waals surface area contributed by atoms with E-state index in [0.29, 0.717) is 11.5 Å². The molecule has 1 aromatic carbocycles. The van der Waals surface area contributed by atoms with Gasteiger partial charge in [0.2, 0.25) is 0 Å². The number of esters is 1. The van der Waals surface area contributed by atoms with E-state index in [4.69, 9.17) is 0 Å². The summed E-state index contributed by atoms with van der Waals surface area (Å²) in [5.74, 6) is -0.296. The maximum absolute atomic E-state index is 11.8. The molecule has 1 amide bonds. The lowest BCUT2D eigenvalue weighted by atomic mass is 9.96. The summed E-state index contributed by atoms with van der Waals surface area (Å²) in [5, 5.41) is 2.51. The predicted octanol–water partition coefficient (Wildman–Crippen LogP) is 2.28. The van der Waals surface area contributed by atoms with E-state index in [-0.39, 0.29) is 12.5 Å². The molecule has 0 unspecified atom stereocenters. The second-order valence-corrected chi connectivity index (χ2v) is 4.89. The number of ether oxygens (including phenoxy) is 2. The number of methoxy groups -OCH3 is 2. The average molecular weight is 295 g/mol. The van der Waals surface area contributed by atoms with E-state index in [0.717, 1.165) is 5.56 Å². The normalized spacial score (nSPS) is 9.67. The molecule has 0 aromatic heterocycles. The quantitative estimate of drug-likeness (QED) is 0.866. The lowest BCUT2D eigenvalue weighted by molar-refractivity contribution is -0.139. The van der Waals surface area contributed by atoms with E-state index in [2.05, 4.69) is 28.6 Å². The van der Waals surface area contributed by atoms with E-state index in [1.165, 1.54) is 12.7 Å². The van der Waals surface area contributed by atoms with Crippen LogP contribution in [0.2, 0.25) is 0 Å². The molecule has 5 nitrogen and oxygen atoms in total. The summed E-state index contributed by atoms with van der Waals surface area (Å²) in [7, 11) is 4.54. The lowest BCUT2D eigenvalue weighted by Crippen LogP contribution is -2.30. The van der Waals surface area contributed by atoms with Gasteiger partial charge < -0.3 is 14.8 Å². The summed E-state index contributed by atoms with van der Waals surface area (Å²) < 4.78 is 8.71. The Morgan fingerprint density at radius 2 is 1.76 bits per heavy atom. The van der Waals surface area contributed by atoms with Crippen molar-refractivity contribution < 1.29 is 19.1 Å². The fourth-order valence-electron chi connectivity index (χ4n) is 1.79. The Hall–Kier alpha value is -1.88. The Morgan fingerprint density at radius 3 is 2.19 bits per heavy atom. The summed E-state index contributed by atoms with van der Waals surface area (Å²) in [6.07, 6.45) is 0. The molecule has 0 radical (unpaired) electrons. The van der Waals surface area contributed by atoms with Crippen molar-refractivity contribution in [1.29, 1.82) is 0 Å². The molecule has 1 aromatic rings. The van der Waals surface area contributed by atoms with Gasteiger partial charge in [-0.2, -0.15) is 0 Å². The summed E-state index contributed by atoms with van der Waals surface area (Å²) in [6.45, 7) is 6.09. The molecule has 21 heavy (non-hydrogen) atoms. The molecule has 0 aliphatic rings.